The maximum absolute atomic E-state index is 6.30. The molecule has 0 unspecified atom stereocenters. The zero-order chi connectivity index (χ0) is 13.5. The van der Waals surface area contributed by atoms with Gasteiger partial charge in [-0.3, -0.25) is 0 Å². The molecule has 3 atom stereocenters. The van der Waals surface area contributed by atoms with Crippen LogP contribution in [0.1, 0.15) is 12.8 Å². The highest BCUT2D eigenvalue weighted by atomic mass is 35.5. The first-order valence-corrected chi connectivity index (χ1v) is 8.95. The summed E-state index contributed by atoms with van der Waals surface area (Å²) in [5.74, 6) is 3.58. The molecule has 1 aromatic rings. The third-order valence-corrected chi connectivity index (χ3v) is 8.93. The third kappa shape index (κ3) is 1.82. The zero-order valence-corrected chi connectivity index (χ0v) is 14.2. The van der Waals surface area contributed by atoms with Crippen LogP contribution in [0.3, 0.4) is 0 Å². The summed E-state index contributed by atoms with van der Waals surface area (Å²) in [5.41, 5.74) is 0. The Balaban J connectivity index is 1.72. The number of rotatable bonds is 2. The molecular formula is C13H9Cl5S. The topological polar surface area (TPSA) is 0 Å². The Bertz CT molecular complexity index is 544. The van der Waals surface area contributed by atoms with Crippen molar-refractivity contribution in [2.75, 3.05) is 0 Å². The molecule has 0 spiro atoms. The molecule has 4 bridgehead atoms. The van der Waals surface area contributed by atoms with E-state index in [-0.39, 0.29) is 5.02 Å². The van der Waals surface area contributed by atoms with Crippen LogP contribution in [0.25, 0.3) is 0 Å². The summed E-state index contributed by atoms with van der Waals surface area (Å²) in [5, 5.41) is 2.34. The number of hydrogen-bond acceptors (Lipinski definition) is 1. The number of thioether (sulfide) groups is 1. The summed E-state index contributed by atoms with van der Waals surface area (Å²) < 4.78 is 0. The lowest BCUT2D eigenvalue weighted by atomic mass is 10.1. The van der Waals surface area contributed by atoms with Gasteiger partial charge in [-0.1, -0.05) is 58.0 Å². The van der Waals surface area contributed by atoms with Crippen molar-refractivity contribution in [3.8, 4) is 0 Å². The van der Waals surface area contributed by atoms with Gasteiger partial charge in [-0.15, -0.1) is 11.8 Å². The Morgan fingerprint density at radius 1 is 0.737 bits per heavy atom. The second kappa shape index (κ2) is 4.51. The van der Waals surface area contributed by atoms with E-state index in [0.717, 1.165) is 28.6 Å². The Morgan fingerprint density at radius 2 is 1.21 bits per heavy atom. The second-order valence-electron chi connectivity index (χ2n) is 5.62. The van der Waals surface area contributed by atoms with Gasteiger partial charge in [0.2, 0.25) is 0 Å². The average Bonchev–Trinajstić information content (AvgIpc) is 2.77. The molecule has 4 saturated carbocycles. The van der Waals surface area contributed by atoms with Crippen molar-refractivity contribution in [2.24, 2.45) is 23.7 Å². The van der Waals surface area contributed by atoms with Crippen LogP contribution in [0.15, 0.2) is 4.90 Å². The average molecular weight is 375 g/mol. The Morgan fingerprint density at radius 3 is 1.63 bits per heavy atom. The molecule has 0 amide bonds. The van der Waals surface area contributed by atoms with E-state index < -0.39 is 0 Å². The van der Waals surface area contributed by atoms with E-state index in [2.05, 4.69) is 0 Å². The van der Waals surface area contributed by atoms with Crippen LogP contribution in [0.5, 0.6) is 0 Å². The van der Waals surface area contributed by atoms with Gasteiger partial charge in [0.15, 0.2) is 0 Å². The molecule has 1 aromatic carbocycles. The fourth-order valence-corrected chi connectivity index (χ4v) is 7.18. The molecule has 4 aliphatic carbocycles. The third-order valence-electron chi connectivity index (χ3n) is 4.82. The quantitative estimate of drug-likeness (QED) is 0.410. The first-order chi connectivity index (χ1) is 9.00. The van der Waals surface area contributed by atoms with E-state index in [1.165, 1.54) is 12.8 Å². The minimum Gasteiger partial charge on any atom is -0.119 e. The van der Waals surface area contributed by atoms with Crippen LogP contribution in [0.2, 0.25) is 25.1 Å². The highest BCUT2D eigenvalue weighted by molar-refractivity contribution is 8.00. The number of hydrogen-bond donors (Lipinski definition) is 0. The zero-order valence-electron chi connectivity index (χ0n) is 9.60. The van der Waals surface area contributed by atoms with Gasteiger partial charge in [0.1, 0.15) is 0 Å². The number of halogens is 5. The van der Waals surface area contributed by atoms with E-state index in [4.69, 9.17) is 58.0 Å². The van der Waals surface area contributed by atoms with Crippen molar-refractivity contribution in [2.45, 2.75) is 23.0 Å². The molecule has 6 heteroatoms. The molecule has 4 fully saturated rings. The predicted octanol–water partition coefficient (Wildman–Crippen LogP) is 6.70. The maximum atomic E-state index is 6.30. The van der Waals surface area contributed by atoms with Crippen LogP contribution in [0.4, 0.5) is 0 Å². The maximum Gasteiger partial charge on any atom is 0.0809 e. The van der Waals surface area contributed by atoms with Crippen molar-refractivity contribution in [1.29, 1.82) is 0 Å². The molecule has 102 valence electrons. The highest BCUT2D eigenvalue weighted by Gasteiger charge is 2.68. The van der Waals surface area contributed by atoms with Gasteiger partial charge in [-0.25, -0.2) is 0 Å². The fraction of sp³-hybridized carbons (Fsp3) is 0.538. The van der Waals surface area contributed by atoms with Gasteiger partial charge < -0.3 is 0 Å². The SMILES string of the molecule is Clc1c(Cl)c(Cl)c(S[C@@H]2C3C[C@@H]4C2[C@H]4C3)c(Cl)c1Cl. The molecule has 0 aliphatic heterocycles. The molecular weight excluding hydrogens is 365 g/mol. The van der Waals surface area contributed by atoms with E-state index in [9.17, 15) is 0 Å². The molecule has 0 heterocycles. The summed E-state index contributed by atoms with van der Waals surface area (Å²) in [4.78, 5) is 0.797. The lowest BCUT2D eigenvalue weighted by Crippen LogP contribution is -2.07. The minimum atomic E-state index is 0.239. The fourth-order valence-electron chi connectivity index (χ4n) is 4.00. The van der Waals surface area contributed by atoms with E-state index in [1.807, 2.05) is 0 Å². The molecule has 4 aliphatic rings. The Labute approximate surface area is 141 Å². The second-order valence-corrected chi connectivity index (χ2v) is 8.70. The summed E-state index contributed by atoms with van der Waals surface area (Å²) in [7, 11) is 0. The van der Waals surface area contributed by atoms with Gasteiger partial charge in [-0.05, 0) is 36.5 Å². The smallest absolute Gasteiger partial charge is 0.0809 e. The Hall–Kier alpha value is 1.02. The summed E-state index contributed by atoms with van der Waals surface area (Å²) >= 11 is 32.6. The van der Waals surface area contributed by atoms with Crippen molar-refractivity contribution >= 4 is 69.8 Å². The molecule has 19 heavy (non-hydrogen) atoms. The van der Waals surface area contributed by atoms with Crippen molar-refractivity contribution in [3.05, 3.63) is 25.1 Å². The van der Waals surface area contributed by atoms with Gasteiger partial charge in [0.25, 0.3) is 0 Å². The van der Waals surface area contributed by atoms with Crippen LogP contribution in [0, 0.1) is 23.7 Å². The first-order valence-electron chi connectivity index (χ1n) is 6.18. The summed E-state index contributed by atoms with van der Waals surface area (Å²) in [6, 6.07) is 0. The van der Waals surface area contributed by atoms with E-state index in [1.54, 1.807) is 11.8 Å². The molecule has 0 aromatic heterocycles. The highest BCUT2D eigenvalue weighted by Crippen LogP contribution is 2.74. The van der Waals surface area contributed by atoms with Gasteiger partial charge in [0, 0.05) is 10.1 Å². The standard InChI is InChI=1S/C13H9Cl5S/c14-7-8(15)10(17)13(11(18)9(7)16)19-12-3-1-4-5(2-3)6(4)12/h3-6,12H,1-2H2/t3?,4-,5-,6?,12+/m0/s1. The molecule has 5 rings (SSSR count). The molecule has 0 nitrogen and oxygen atoms in total. The largest absolute Gasteiger partial charge is 0.119 e. The normalized spacial score (nSPS) is 38.1. The van der Waals surface area contributed by atoms with Crippen LogP contribution < -0.4 is 0 Å². The van der Waals surface area contributed by atoms with Gasteiger partial charge in [0.05, 0.1) is 25.1 Å². The molecule has 0 radical (unpaired) electrons. The summed E-state index contributed by atoms with van der Waals surface area (Å²) in [6.45, 7) is 0. The number of benzene rings is 1. The van der Waals surface area contributed by atoms with Crippen LogP contribution in [-0.4, -0.2) is 5.25 Å². The first kappa shape index (κ1) is 13.7. The predicted molar refractivity (Wildman–Crippen MR) is 84.3 cm³/mol. The van der Waals surface area contributed by atoms with Crippen LogP contribution in [-0.2, 0) is 0 Å². The van der Waals surface area contributed by atoms with Crippen molar-refractivity contribution in [3.63, 3.8) is 0 Å². The van der Waals surface area contributed by atoms with Gasteiger partial charge in [-0.2, -0.15) is 0 Å². The monoisotopic (exact) mass is 372 g/mol. The Kier molecular flexibility index (Phi) is 3.24. The minimum absolute atomic E-state index is 0.239. The lowest BCUT2D eigenvalue weighted by Gasteiger charge is -2.18. The van der Waals surface area contributed by atoms with Crippen molar-refractivity contribution < 1.29 is 0 Å². The summed E-state index contributed by atoms with van der Waals surface area (Å²) in [6.07, 6.45) is 2.74. The van der Waals surface area contributed by atoms with Crippen LogP contribution >= 0.6 is 69.8 Å². The molecule has 0 N–H and O–H groups in total. The van der Waals surface area contributed by atoms with E-state index >= 15 is 0 Å². The van der Waals surface area contributed by atoms with E-state index in [0.29, 0.717) is 25.3 Å². The lowest BCUT2D eigenvalue weighted by molar-refractivity contribution is 0.615. The van der Waals surface area contributed by atoms with Gasteiger partial charge >= 0.3 is 0 Å². The molecule has 0 saturated heterocycles. The van der Waals surface area contributed by atoms with Crippen molar-refractivity contribution in [1.82, 2.24) is 0 Å².